The number of methoxy groups -OCH3 is 3. The standard InChI is InChI=1S/C23H35N3O5/c1-16(22(28)24-23(2,3)4)25-10-12-26(13-11-25)20(27)9-8-17-14-18(29-5)21(31-7)19(15-17)30-6/h8-9,14-16H,10-13H2,1-7H3,(H,24,28)/b9-8+. The number of carbonyl (C=O) groups excluding carboxylic acids is 2. The maximum Gasteiger partial charge on any atom is 0.246 e. The third kappa shape index (κ3) is 6.62. The van der Waals surface area contributed by atoms with Crippen molar-refractivity contribution in [2.75, 3.05) is 47.5 Å². The Balaban J connectivity index is 1.98. The number of hydrogen-bond donors (Lipinski definition) is 1. The molecule has 0 aromatic heterocycles. The van der Waals surface area contributed by atoms with E-state index in [0.717, 1.165) is 5.56 Å². The highest BCUT2D eigenvalue weighted by molar-refractivity contribution is 5.92. The van der Waals surface area contributed by atoms with Crippen LogP contribution < -0.4 is 19.5 Å². The minimum Gasteiger partial charge on any atom is -0.493 e. The van der Waals surface area contributed by atoms with Gasteiger partial charge in [0, 0.05) is 37.8 Å². The molecule has 1 aromatic rings. The van der Waals surface area contributed by atoms with E-state index in [1.807, 2.05) is 27.7 Å². The molecule has 2 amide bonds. The lowest BCUT2D eigenvalue weighted by Crippen LogP contribution is -2.56. The van der Waals surface area contributed by atoms with Gasteiger partial charge in [-0.3, -0.25) is 14.5 Å². The molecule has 1 unspecified atom stereocenters. The van der Waals surface area contributed by atoms with Gasteiger partial charge < -0.3 is 24.4 Å². The maximum atomic E-state index is 12.7. The number of nitrogens with one attached hydrogen (secondary N) is 1. The molecular weight excluding hydrogens is 398 g/mol. The zero-order valence-corrected chi connectivity index (χ0v) is 19.7. The molecule has 1 heterocycles. The second-order valence-electron chi connectivity index (χ2n) is 8.57. The highest BCUT2D eigenvalue weighted by Crippen LogP contribution is 2.38. The van der Waals surface area contributed by atoms with E-state index in [-0.39, 0.29) is 23.4 Å². The molecular formula is C23H35N3O5. The van der Waals surface area contributed by atoms with Crippen molar-refractivity contribution in [3.8, 4) is 17.2 Å². The van der Waals surface area contributed by atoms with Gasteiger partial charge in [0.15, 0.2) is 11.5 Å². The highest BCUT2D eigenvalue weighted by atomic mass is 16.5. The molecule has 0 saturated carbocycles. The monoisotopic (exact) mass is 433 g/mol. The number of amides is 2. The highest BCUT2D eigenvalue weighted by Gasteiger charge is 2.28. The number of nitrogens with zero attached hydrogens (tertiary/aromatic N) is 2. The smallest absolute Gasteiger partial charge is 0.246 e. The molecule has 1 aromatic carbocycles. The van der Waals surface area contributed by atoms with Gasteiger partial charge in [-0.25, -0.2) is 0 Å². The van der Waals surface area contributed by atoms with Crippen LogP contribution in [0.4, 0.5) is 0 Å². The van der Waals surface area contributed by atoms with Crippen molar-refractivity contribution >= 4 is 17.9 Å². The van der Waals surface area contributed by atoms with E-state index in [1.165, 1.54) is 0 Å². The predicted octanol–water partition coefficient (Wildman–Crippen LogP) is 2.17. The molecule has 1 aliphatic heterocycles. The van der Waals surface area contributed by atoms with E-state index in [0.29, 0.717) is 43.4 Å². The van der Waals surface area contributed by atoms with Gasteiger partial charge in [-0.2, -0.15) is 0 Å². The average molecular weight is 434 g/mol. The Kier molecular flexibility index (Phi) is 8.33. The second kappa shape index (κ2) is 10.5. The Hall–Kier alpha value is -2.74. The van der Waals surface area contributed by atoms with Crippen LogP contribution >= 0.6 is 0 Å². The van der Waals surface area contributed by atoms with Gasteiger partial charge in [0.1, 0.15) is 0 Å². The first-order chi connectivity index (χ1) is 14.6. The number of carbonyl (C=O) groups is 2. The van der Waals surface area contributed by atoms with Crippen molar-refractivity contribution in [2.24, 2.45) is 0 Å². The molecule has 0 bridgehead atoms. The predicted molar refractivity (Wildman–Crippen MR) is 121 cm³/mol. The summed E-state index contributed by atoms with van der Waals surface area (Å²) in [6.45, 7) is 10.3. The average Bonchev–Trinajstić information content (AvgIpc) is 2.74. The third-order valence-corrected chi connectivity index (χ3v) is 5.16. The van der Waals surface area contributed by atoms with Gasteiger partial charge >= 0.3 is 0 Å². The summed E-state index contributed by atoms with van der Waals surface area (Å²) in [4.78, 5) is 29.0. The van der Waals surface area contributed by atoms with Crippen molar-refractivity contribution in [3.05, 3.63) is 23.8 Å². The molecule has 2 rings (SSSR count). The summed E-state index contributed by atoms with van der Waals surface area (Å²) in [5.74, 6) is 1.51. The fourth-order valence-corrected chi connectivity index (χ4v) is 3.44. The van der Waals surface area contributed by atoms with E-state index in [9.17, 15) is 9.59 Å². The van der Waals surface area contributed by atoms with Crippen LogP contribution in [0, 0.1) is 0 Å². The summed E-state index contributed by atoms with van der Waals surface area (Å²) in [6, 6.07) is 3.35. The van der Waals surface area contributed by atoms with Crippen molar-refractivity contribution < 1.29 is 23.8 Å². The van der Waals surface area contributed by atoms with Gasteiger partial charge in [-0.1, -0.05) is 0 Å². The number of benzene rings is 1. The first-order valence-electron chi connectivity index (χ1n) is 10.4. The van der Waals surface area contributed by atoms with E-state index < -0.39 is 0 Å². The molecule has 1 N–H and O–H groups in total. The summed E-state index contributed by atoms with van der Waals surface area (Å²) in [6.07, 6.45) is 3.28. The lowest BCUT2D eigenvalue weighted by molar-refractivity contribution is -0.130. The Morgan fingerprint density at radius 2 is 1.55 bits per heavy atom. The van der Waals surface area contributed by atoms with E-state index in [2.05, 4.69) is 10.2 Å². The van der Waals surface area contributed by atoms with E-state index in [4.69, 9.17) is 14.2 Å². The van der Waals surface area contributed by atoms with Crippen molar-refractivity contribution in [3.63, 3.8) is 0 Å². The van der Waals surface area contributed by atoms with Gasteiger partial charge in [0.2, 0.25) is 17.6 Å². The van der Waals surface area contributed by atoms with Crippen LogP contribution in [0.15, 0.2) is 18.2 Å². The zero-order chi connectivity index (χ0) is 23.2. The van der Waals surface area contributed by atoms with Crippen LogP contribution in [0.3, 0.4) is 0 Å². The molecule has 1 aliphatic rings. The van der Waals surface area contributed by atoms with Crippen LogP contribution in [-0.4, -0.2) is 80.7 Å². The number of piperazine rings is 1. The van der Waals surface area contributed by atoms with Crippen molar-refractivity contribution in [1.82, 2.24) is 15.1 Å². The van der Waals surface area contributed by atoms with Crippen molar-refractivity contribution in [1.29, 1.82) is 0 Å². The molecule has 1 atom stereocenters. The Morgan fingerprint density at radius 1 is 1.00 bits per heavy atom. The minimum atomic E-state index is -0.263. The molecule has 31 heavy (non-hydrogen) atoms. The molecule has 8 heteroatoms. The quantitative estimate of drug-likeness (QED) is 0.664. The SMILES string of the molecule is COc1cc(/C=C/C(=O)N2CCN(C(C)C(=O)NC(C)(C)C)CC2)cc(OC)c1OC. The van der Waals surface area contributed by atoms with Crippen LogP contribution in [0.2, 0.25) is 0 Å². The minimum absolute atomic E-state index is 0.00886. The van der Waals surface area contributed by atoms with Gasteiger partial charge in [0.25, 0.3) is 0 Å². The first-order valence-corrected chi connectivity index (χ1v) is 10.4. The number of ether oxygens (including phenoxy) is 3. The van der Waals surface area contributed by atoms with E-state index >= 15 is 0 Å². The van der Waals surface area contributed by atoms with Gasteiger partial charge in [-0.15, -0.1) is 0 Å². The summed E-state index contributed by atoms with van der Waals surface area (Å²) < 4.78 is 16.0. The Bertz CT molecular complexity index is 783. The number of hydrogen-bond acceptors (Lipinski definition) is 6. The fraction of sp³-hybridized carbons (Fsp3) is 0.565. The van der Waals surface area contributed by atoms with Gasteiger partial charge in [-0.05, 0) is 51.5 Å². The molecule has 172 valence electrons. The first kappa shape index (κ1) is 24.5. The fourth-order valence-electron chi connectivity index (χ4n) is 3.44. The van der Waals surface area contributed by atoms with Crippen LogP contribution in [0.1, 0.15) is 33.3 Å². The van der Waals surface area contributed by atoms with Gasteiger partial charge in [0.05, 0.1) is 27.4 Å². The Labute approximate surface area is 185 Å². The summed E-state index contributed by atoms with van der Waals surface area (Å²) in [7, 11) is 4.66. The summed E-state index contributed by atoms with van der Waals surface area (Å²) in [5.41, 5.74) is 0.509. The largest absolute Gasteiger partial charge is 0.493 e. The molecule has 1 saturated heterocycles. The van der Waals surface area contributed by atoms with Crippen LogP contribution in [-0.2, 0) is 9.59 Å². The zero-order valence-electron chi connectivity index (χ0n) is 19.7. The maximum absolute atomic E-state index is 12.7. The van der Waals surface area contributed by atoms with E-state index in [1.54, 1.807) is 50.5 Å². The normalized spacial score (nSPS) is 16.2. The summed E-state index contributed by atoms with van der Waals surface area (Å²) in [5, 5.41) is 3.01. The molecule has 0 aliphatic carbocycles. The number of rotatable bonds is 7. The topological polar surface area (TPSA) is 80.3 Å². The Morgan fingerprint density at radius 3 is 2.00 bits per heavy atom. The third-order valence-electron chi connectivity index (χ3n) is 5.16. The second-order valence-corrected chi connectivity index (χ2v) is 8.57. The molecule has 0 spiro atoms. The molecule has 8 nitrogen and oxygen atoms in total. The summed E-state index contributed by atoms with van der Waals surface area (Å²) >= 11 is 0. The molecule has 1 fully saturated rings. The lowest BCUT2D eigenvalue weighted by atomic mass is 10.1. The van der Waals surface area contributed by atoms with Crippen LogP contribution in [0.25, 0.3) is 6.08 Å². The van der Waals surface area contributed by atoms with Crippen molar-refractivity contribution in [2.45, 2.75) is 39.3 Å². The lowest BCUT2D eigenvalue weighted by Gasteiger charge is -2.37. The molecule has 0 radical (unpaired) electrons. The van der Waals surface area contributed by atoms with Crippen LogP contribution in [0.5, 0.6) is 17.2 Å².